The summed E-state index contributed by atoms with van der Waals surface area (Å²) in [5.74, 6) is -1.02. The zero-order chi connectivity index (χ0) is 29.3. The minimum Gasteiger partial charge on any atom is -0.502 e. The monoisotopic (exact) mass is 588 g/mol. The van der Waals surface area contributed by atoms with Crippen molar-refractivity contribution >= 4 is 5.97 Å². The number of aromatic hydroxyl groups is 1. The Bertz CT molecular complexity index is 1350. The maximum absolute atomic E-state index is 13.4. The molecule has 0 radical (unpaired) electrons. The van der Waals surface area contributed by atoms with Gasteiger partial charge in [-0.1, -0.05) is 0 Å². The molecule has 13 heteroatoms. The van der Waals surface area contributed by atoms with Crippen LogP contribution in [0.2, 0.25) is 0 Å². The van der Waals surface area contributed by atoms with Gasteiger partial charge in [0.1, 0.15) is 24.4 Å². The van der Waals surface area contributed by atoms with Gasteiger partial charge in [-0.3, -0.25) is 4.79 Å². The smallest absolute Gasteiger partial charge is 0.310 e. The second-order valence-electron chi connectivity index (χ2n) is 11.0. The number of aliphatic hydroxyl groups is 2. The topological polar surface area (TPSA) is 161 Å². The Morgan fingerprint density at radius 3 is 2.26 bits per heavy atom. The number of esters is 1. The van der Waals surface area contributed by atoms with E-state index in [0.717, 1.165) is 0 Å². The van der Waals surface area contributed by atoms with E-state index in [0.29, 0.717) is 28.2 Å². The van der Waals surface area contributed by atoms with Gasteiger partial charge in [-0.05, 0) is 47.9 Å². The van der Waals surface area contributed by atoms with E-state index in [1.807, 2.05) is 0 Å². The van der Waals surface area contributed by atoms with E-state index >= 15 is 0 Å². The molecule has 0 bridgehead atoms. The van der Waals surface area contributed by atoms with Gasteiger partial charge in [-0.15, -0.1) is 0 Å². The van der Waals surface area contributed by atoms with Gasteiger partial charge in [0.2, 0.25) is 12.5 Å². The van der Waals surface area contributed by atoms with E-state index in [-0.39, 0.29) is 37.3 Å². The molecule has 2 aromatic rings. The summed E-state index contributed by atoms with van der Waals surface area (Å²) in [6, 6.07) is 6.93. The first-order chi connectivity index (χ1) is 20.3. The number of fused-ring (bicyclic) bond motifs is 4. The highest BCUT2D eigenvalue weighted by Gasteiger charge is 2.56. The summed E-state index contributed by atoms with van der Waals surface area (Å²) in [4.78, 5) is 13.4. The van der Waals surface area contributed by atoms with Crippen LogP contribution in [-0.2, 0) is 28.5 Å². The summed E-state index contributed by atoms with van der Waals surface area (Å²) in [6.45, 7) is 1.93. The van der Waals surface area contributed by atoms with Gasteiger partial charge in [0.05, 0.1) is 39.5 Å². The second-order valence-corrected chi connectivity index (χ2v) is 11.0. The molecule has 0 saturated carbocycles. The molecule has 5 aliphatic rings. The fraction of sp³-hybridized carbons (Fsp3) is 0.552. The van der Waals surface area contributed by atoms with Crippen LogP contribution in [0, 0.1) is 11.8 Å². The number of cyclic esters (lactones) is 1. The minimum absolute atomic E-state index is 0.0301. The molecule has 10 atom stereocenters. The van der Waals surface area contributed by atoms with Gasteiger partial charge in [0.15, 0.2) is 35.6 Å². The van der Waals surface area contributed by atoms with Crippen LogP contribution in [0.15, 0.2) is 24.3 Å². The van der Waals surface area contributed by atoms with Crippen molar-refractivity contribution < 1.29 is 62.7 Å². The molecule has 1 aliphatic carbocycles. The number of methoxy groups -OCH3 is 2. The summed E-state index contributed by atoms with van der Waals surface area (Å²) in [5.41, 5.74) is 2.01. The Labute approximate surface area is 240 Å². The first kappa shape index (κ1) is 27.5. The third-order valence-corrected chi connectivity index (χ3v) is 8.75. The van der Waals surface area contributed by atoms with Crippen molar-refractivity contribution in [2.24, 2.45) is 11.8 Å². The molecule has 3 N–H and O–H groups in total. The van der Waals surface area contributed by atoms with Gasteiger partial charge in [-0.25, -0.2) is 0 Å². The van der Waals surface area contributed by atoms with Gasteiger partial charge in [0, 0.05) is 11.8 Å². The van der Waals surface area contributed by atoms with Crippen LogP contribution in [0.25, 0.3) is 0 Å². The Balaban J connectivity index is 1.32. The Hall–Kier alpha value is -3.33. The fourth-order valence-electron chi connectivity index (χ4n) is 6.74. The van der Waals surface area contributed by atoms with Gasteiger partial charge < -0.3 is 58.0 Å². The third-order valence-electron chi connectivity index (χ3n) is 8.75. The van der Waals surface area contributed by atoms with Crippen molar-refractivity contribution in [2.75, 3.05) is 34.2 Å². The summed E-state index contributed by atoms with van der Waals surface area (Å²) >= 11 is 0. The number of phenols is 1. The van der Waals surface area contributed by atoms with E-state index in [9.17, 15) is 20.1 Å². The number of hydrogen-bond donors (Lipinski definition) is 3. The Morgan fingerprint density at radius 1 is 0.881 bits per heavy atom. The molecule has 226 valence electrons. The highest BCUT2D eigenvalue weighted by atomic mass is 16.8. The Kier molecular flexibility index (Phi) is 6.83. The van der Waals surface area contributed by atoms with Crippen molar-refractivity contribution in [3.05, 3.63) is 41.0 Å². The molecule has 0 aromatic heterocycles. The average molecular weight is 589 g/mol. The predicted molar refractivity (Wildman–Crippen MR) is 138 cm³/mol. The average Bonchev–Trinajstić information content (AvgIpc) is 3.61. The van der Waals surface area contributed by atoms with Crippen LogP contribution >= 0.6 is 0 Å². The molecular weight excluding hydrogens is 556 g/mol. The highest BCUT2D eigenvalue weighted by Crippen LogP contribution is 2.57. The number of aliphatic hydroxyl groups excluding tert-OH is 2. The zero-order valence-corrected chi connectivity index (χ0v) is 23.1. The molecule has 4 heterocycles. The fourth-order valence-corrected chi connectivity index (χ4v) is 6.74. The lowest BCUT2D eigenvalue weighted by atomic mass is 9.66. The molecule has 3 saturated heterocycles. The maximum atomic E-state index is 13.4. The third kappa shape index (κ3) is 4.26. The number of carbonyl (C=O) groups is 1. The van der Waals surface area contributed by atoms with E-state index in [1.54, 1.807) is 31.2 Å². The van der Waals surface area contributed by atoms with Crippen LogP contribution in [0.4, 0.5) is 0 Å². The number of rotatable bonds is 5. The summed E-state index contributed by atoms with van der Waals surface area (Å²) in [6.07, 6.45) is -6.80. The summed E-state index contributed by atoms with van der Waals surface area (Å²) < 4.78 is 51.5. The molecule has 7 rings (SSSR count). The first-order valence-electron chi connectivity index (χ1n) is 13.8. The number of carbonyl (C=O) groups excluding carboxylic acids is 1. The lowest BCUT2D eigenvalue weighted by Crippen LogP contribution is -2.63. The first-order valence-corrected chi connectivity index (χ1v) is 13.8. The predicted octanol–water partition coefficient (Wildman–Crippen LogP) is 1.34. The largest absolute Gasteiger partial charge is 0.502 e. The standard InChI is InChI=1S/C29H32O13/c1-11-36-9-20-27(40-11)24(31)25(32)29(41-20)42-26-14-7-17-16(38-10-39-17)6-13(14)21(22-15(26)8-37-28(22)33)12-4-18(34-2)23(30)19(5-12)35-3/h4-7,11,15,20-22,24-27,29-32H,8-10H2,1-3H3/t11?,15-,20?,21+,22-,24?,25?,26+,27?,29?/m0/s1. The van der Waals surface area contributed by atoms with Crippen molar-refractivity contribution in [1.82, 2.24) is 0 Å². The molecular formula is C29H32O13. The SMILES string of the molecule is COc1cc([C@@H]2c3cc4c(cc3[C@@H](OC3OC5COC(C)OC5C(O)C3O)[C@H]3COC(=O)[C@H]23)OCO4)cc(OC)c1O. The number of hydrogen-bond acceptors (Lipinski definition) is 13. The van der Waals surface area contributed by atoms with E-state index < -0.39 is 66.8 Å². The molecule has 0 amide bonds. The zero-order valence-electron chi connectivity index (χ0n) is 23.1. The van der Waals surface area contributed by atoms with Crippen molar-refractivity contribution in [3.63, 3.8) is 0 Å². The molecule has 42 heavy (non-hydrogen) atoms. The number of phenolic OH excluding ortho intramolecular Hbond substituents is 1. The van der Waals surface area contributed by atoms with Gasteiger partial charge in [-0.2, -0.15) is 0 Å². The van der Waals surface area contributed by atoms with E-state index in [4.69, 9.17) is 42.6 Å². The number of ether oxygens (including phenoxy) is 9. The lowest BCUT2D eigenvalue weighted by molar-refractivity contribution is -0.364. The van der Waals surface area contributed by atoms with Crippen LogP contribution < -0.4 is 18.9 Å². The van der Waals surface area contributed by atoms with Crippen molar-refractivity contribution in [3.8, 4) is 28.7 Å². The molecule has 2 aromatic carbocycles. The van der Waals surface area contributed by atoms with Crippen LogP contribution in [0.5, 0.6) is 28.7 Å². The molecule has 4 aliphatic heterocycles. The maximum Gasteiger partial charge on any atom is 0.310 e. The Morgan fingerprint density at radius 2 is 1.57 bits per heavy atom. The van der Waals surface area contributed by atoms with Crippen molar-refractivity contribution in [2.45, 2.75) is 55.9 Å². The number of benzene rings is 2. The van der Waals surface area contributed by atoms with Crippen molar-refractivity contribution in [1.29, 1.82) is 0 Å². The summed E-state index contributed by atoms with van der Waals surface area (Å²) in [7, 11) is 2.86. The van der Waals surface area contributed by atoms with Crippen LogP contribution in [0.1, 0.15) is 35.6 Å². The minimum atomic E-state index is -1.44. The van der Waals surface area contributed by atoms with Gasteiger partial charge >= 0.3 is 5.97 Å². The van der Waals surface area contributed by atoms with E-state index in [2.05, 4.69) is 0 Å². The summed E-state index contributed by atoms with van der Waals surface area (Å²) in [5, 5.41) is 32.5. The second kappa shape index (κ2) is 10.4. The highest BCUT2D eigenvalue weighted by molar-refractivity contribution is 5.79. The van der Waals surface area contributed by atoms with Gasteiger partial charge in [0.25, 0.3) is 0 Å². The molecule has 0 spiro atoms. The molecule has 3 fully saturated rings. The quantitative estimate of drug-likeness (QED) is 0.430. The van der Waals surface area contributed by atoms with E-state index in [1.165, 1.54) is 14.2 Å². The van der Waals surface area contributed by atoms with Crippen LogP contribution in [0.3, 0.4) is 0 Å². The van der Waals surface area contributed by atoms with Crippen LogP contribution in [-0.4, -0.2) is 92.5 Å². The molecule has 6 unspecified atom stereocenters. The molecule has 13 nitrogen and oxygen atoms in total. The lowest BCUT2D eigenvalue weighted by Gasteiger charge is -2.47. The normalized spacial score (nSPS) is 36.5.